The van der Waals surface area contributed by atoms with E-state index in [4.69, 9.17) is 4.98 Å². The molecule has 6 nitrogen and oxygen atoms in total. The van der Waals surface area contributed by atoms with Gasteiger partial charge >= 0.3 is 6.03 Å². The van der Waals surface area contributed by atoms with Crippen molar-refractivity contribution in [3.05, 3.63) is 65.5 Å². The number of aromatic nitrogens is 1. The molecule has 0 aliphatic carbocycles. The van der Waals surface area contributed by atoms with Crippen LogP contribution in [0.2, 0.25) is 0 Å². The quantitative estimate of drug-likeness (QED) is 0.458. The van der Waals surface area contributed by atoms with E-state index in [0.29, 0.717) is 12.6 Å². The number of hydrogen-bond donors (Lipinski definition) is 2. The Morgan fingerprint density at radius 3 is 2.81 bits per heavy atom. The number of amides is 2. The van der Waals surface area contributed by atoms with Gasteiger partial charge in [-0.2, -0.15) is 0 Å². The first-order valence-electron chi connectivity index (χ1n) is 10.9. The Balaban J connectivity index is 1.39. The molecule has 32 heavy (non-hydrogen) atoms. The van der Waals surface area contributed by atoms with Crippen LogP contribution in [0.4, 0.5) is 16.3 Å². The maximum atomic E-state index is 12.3. The normalized spacial score (nSPS) is 16.5. The van der Waals surface area contributed by atoms with Crippen LogP contribution in [0.3, 0.4) is 0 Å². The van der Waals surface area contributed by atoms with E-state index in [0.717, 1.165) is 47.5 Å². The molecule has 1 saturated heterocycles. The summed E-state index contributed by atoms with van der Waals surface area (Å²) < 4.78 is 1.27. The predicted octanol–water partition coefficient (Wildman–Crippen LogP) is 4.91. The van der Waals surface area contributed by atoms with Crippen molar-refractivity contribution >= 4 is 49.9 Å². The van der Waals surface area contributed by atoms with Gasteiger partial charge in [-0.05, 0) is 55.2 Å². The SMILES string of the molecule is CN1CCC(N(C)c2nc3cc(CNC(=O)Nc4ccccc4)ccc3c3sccc23)C1. The first-order valence-corrected chi connectivity index (χ1v) is 11.8. The van der Waals surface area contributed by atoms with Crippen LogP contribution in [0.25, 0.3) is 21.0 Å². The number of carbonyl (C=O) groups excluding carboxylic acids is 1. The molecule has 4 aromatic rings. The van der Waals surface area contributed by atoms with Gasteiger partial charge in [-0.25, -0.2) is 9.78 Å². The lowest BCUT2D eigenvalue weighted by molar-refractivity contribution is 0.251. The van der Waals surface area contributed by atoms with Crippen LogP contribution in [-0.2, 0) is 6.54 Å². The third-order valence-electron chi connectivity index (χ3n) is 6.17. The average Bonchev–Trinajstić information content (AvgIpc) is 3.46. The number of nitrogens with zero attached hydrogens (tertiary/aromatic N) is 3. The smallest absolute Gasteiger partial charge is 0.319 e. The maximum absolute atomic E-state index is 12.3. The molecule has 0 radical (unpaired) electrons. The molecule has 1 fully saturated rings. The topological polar surface area (TPSA) is 60.5 Å². The molecular formula is C25H27N5OS. The molecule has 1 unspecified atom stereocenters. The first-order chi connectivity index (χ1) is 15.6. The molecule has 7 heteroatoms. The number of likely N-dealkylation sites (tertiary alicyclic amines) is 1. The van der Waals surface area contributed by atoms with Crippen molar-refractivity contribution in [2.75, 3.05) is 37.4 Å². The van der Waals surface area contributed by atoms with Crippen LogP contribution in [0.1, 0.15) is 12.0 Å². The number of fused-ring (bicyclic) bond motifs is 3. The van der Waals surface area contributed by atoms with Crippen molar-refractivity contribution in [1.82, 2.24) is 15.2 Å². The van der Waals surface area contributed by atoms with Gasteiger partial charge in [0, 0.05) is 47.3 Å². The second kappa shape index (κ2) is 8.76. The Morgan fingerprint density at radius 2 is 2.03 bits per heavy atom. The molecule has 0 bridgehead atoms. The molecule has 5 rings (SSSR count). The van der Waals surface area contributed by atoms with Crippen LogP contribution >= 0.6 is 11.3 Å². The molecule has 164 valence electrons. The Bertz CT molecular complexity index is 1260. The zero-order valence-electron chi connectivity index (χ0n) is 18.3. The first kappa shape index (κ1) is 20.7. The largest absolute Gasteiger partial charge is 0.355 e. The van der Waals surface area contributed by atoms with Crippen LogP contribution < -0.4 is 15.5 Å². The Morgan fingerprint density at radius 1 is 1.19 bits per heavy atom. The van der Waals surface area contributed by atoms with E-state index < -0.39 is 0 Å². The van der Waals surface area contributed by atoms with E-state index in [1.165, 1.54) is 10.1 Å². The summed E-state index contributed by atoms with van der Waals surface area (Å²) in [6.45, 7) is 2.62. The minimum Gasteiger partial charge on any atom is -0.355 e. The van der Waals surface area contributed by atoms with E-state index in [-0.39, 0.29) is 6.03 Å². The molecule has 0 spiro atoms. The molecule has 2 aromatic carbocycles. The van der Waals surface area contributed by atoms with Crippen molar-refractivity contribution < 1.29 is 4.79 Å². The predicted molar refractivity (Wildman–Crippen MR) is 134 cm³/mol. The zero-order chi connectivity index (χ0) is 22.1. The van der Waals surface area contributed by atoms with Gasteiger partial charge in [-0.1, -0.05) is 30.3 Å². The fraction of sp³-hybridized carbons (Fsp3) is 0.280. The third kappa shape index (κ3) is 4.13. The molecule has 1 aliphatic heterocycles. The highest BCUT2D eigenvalue weighted by atomic mass is 32.1. The highest BCUT2D eigenvalue weighted by molar-refractivity contribution is 7.18. The van der Waals surface area contributed by atoms with Gasteiger partial charge in [-0.3, -0.25) is 0 Å². The maximum Gasteiger partial charge on any atom is 0.319 e. The number of benzene rings is 2. The molecule has 2 aromatic heterocycles. The summed E-state index contributed by atoms with van der Waals surface area (Å²) in [6, 6.07) is 18.2. The Labute approximate surface area is 191 Å². The minimum absolute atomic E-state index is 0.219. The summed E-state index contributed by atoms with van der Waals surface area (Å²) in [5, 5.41) is 10.3. The fourth-order valence-electron chi connectivity index (χ4n) is 4.39. The van der Waals surface area contributed by atoms with Gasteiger partial charge in [0.05, 0.1) is 5.52 Å². The van der Waals surface area contributed by atoms with Gasteiger partial charge in [0.15, 0.2) is 0 Å². The number of anilines is 2. The van der Waals surface area contributed by atoms with Crippen molar-refractivity contribution in [2.24, 2.45) is 0 Å². The average molecular weight is 446 g/mol. The number of thiophene rings is 1. The van der Waals surface area contributed by atoms with Crippen LogP contribution in [0, 0.1) is 0 Å². The summed E-state index contributed by atoms with van der Waals surface area (Å²) >= 11 is 1.76. The number of hydrogen-bond acceptors (Lipinski definition) is 5. The van der Waals surface area contributed by atoms with Gasteiger partial charge in [0.2, 0.25) is 0 Å². The summed E-state index contributed by atoms with van der Waals surface area (Å²) in [7, 11) is 4.34. The molecule has 0 saturated carbocycles. The fourth-order valence-corrected chi connectivity index (χ4v) is 5.31. The Hall–Kier alpha value is -3.16. The molecule has 2 N–H and O–H groups in total. The van der Waals surface area contributed by atoms with Crippen molar-refractivity contribution in [3.63, 3.8) is 0 Å². The summed E-state index contributed by atoms with van der Waals surface area (Å²) in [4.78, 5) is 22.1. The van der Waals surface area contributed by atoms with Crippen molar-refractivity contribution in [3.8, 4) is 0 Å². The number of pyridine rings is 1. The van der Waals surface area contributed by atoms with Gasteiger partial charge in [0.1, 0.15) is 5.82 Å². The van der Waals surface area contributed by atoms with Gasteiger partial charge < -0.3 is 20.4 Å². The number of likely N-dealkylation sites (N-methyl/N-ethyl adjacent to an activating group) is 2. The van der Waals surface area contributed by atoms with Crippen LogP contribution in [-0.4, -0.2) is 49.1 Å². The highest BCUT2D eigenvalue weighted by Crippen LogP contribution is 2.36. The standard InChI is InChI=1S/C25H27N5OS/c1-29-12-10-19(16-29)30(2)24-21-11-13-32-23(21)20-9-8-17(14-22(20)28-24)15-26-25(31)27-18-6-4-3-5-7-18/h3-9,11,13-14,19H,10,12,15-16H2,1-2H3,(H2,26,27,31). The summed E-state index contributed by atoms with van der Waals surface area (Å²) in [5.74, 6) is 1.04. The second-order valence-corrected chi connectivity index (χ2v) is 9.36. The van der Waals surface area contributed by atoms with E-state index in [9.17, 15) is 4.79 Å². The third-order valence-corrected chi connectivity index (χ3v) is 7.12. The lowest BCUT2D eigenvalue weighted by Gasteiger charge is -2.26. The van der Waals surface area contributed by atoms with Gasteiger partial charge in [-0.15, -0.1) is 11.3 Å². The van der Waals surface area contributed by atoms with Crippen LogP contribution in [0.5, 0.6) is 0 Å². The van der Waals surface area contributed by atoms with Crippen molar-refractivity contribution in [2.45, 2.75) is 19.0 Å². The number of nitrogens with one attached hydrogen (secondary N) is 2. The molecular weight excluding hydrogens is 418 g/mol. The minimum atomic E-state index is -0.219. The van der Waals surface area contributed by atoms with E-state index in [1.807, 2.05) is 30.3 Å². The molecule has 1 atom stereocenters. The lowest BCUT2D eigenvalue weighted by Crippen LogP contribution is -2.34. The molecule has 1 aliphatic rings. The number of carbonyl (C=O) groups is 1. The lowest BCUT2D eigenvalue weighted by atomic mass is 10.1. The summed E-state index contributed by atoms with van der Waals surface area (Å²) in [6.07, 6.45) is 1.15. The molecule has 2 amide bonds. The Kier molecular flexibility index (Phi) is 5.68. The number of para-hydroxylation sites is 1. The van der Waals surface area contributed by atoms with E-state index in [1.54, 1.807) is 11.3 Å². The van der Waals surface area contributed by atoms with Crippen molar-refractivity contribution in [1.29, 1.82) is 0 Å². The monoisotopic (exact) mass is 445 g/mol. The highest BCUT2D eigenvalue weighted by Gasteiger charge is 2.26. The van der Waals surface area contributed by atoms with Gasteiger partial charge in [0.25, 0.3) is 0 Å². The summed E-state index contributed by atoms with van der Waals surface area (Å²) in [5.41, 5.74) is 2.77. The number of rotatable bonds is 5. The van der Waals surface area contributed by atoms with E-state index in [2.05, 4.69) is 64.2 Å². The number of urea groups is 1. The second-order valence-electron chi connectivity index (χ2n) is 8.44. The van der Waals surface area contributed by atoms with E-state index >= 15 is 0 Å². The molecule has 3 heterocycles. The van der Waals surface area contributed by atoms with Crippen LogP contribution in [0.15, 0.2) is 60.0 Å². The zero-order valence-corrected chi connectivity index (χ0v) is 19.2.